The van der Waals surface area contributed by atoms with Crippen LogP contribution in [0.3, 0.4) is 0 Å². The number of fused-ring (bicyclic) bond motifs is 3. The van der Waals surface area contributed by atoms with Gasteiger partial charge in [-0.1, -0.05) is 42.5 Å². The minimum Gasteiger partial charge on any atom is -0.496 e. The molecule has 2 aromatic rings. The van der Waals surface area contributed by atoms with E-state index in [2.05, 4.69) is 17.2 Å². The molecule has 0 aliphatic carbocycles. The lowest BCUT2D eigenvalue weighted by molar-refractivity contribution is -0.187. The summed E-state index contributed by atoms with van der Waals surface area (Å²) in [4.78, 5) is 27.6. The van der Waals surface area contributed by atoms with Crippen LogP contribution in [0.2, 0.25) is 0 Å². The van der Waals surface area contributed by atoms with E-state index >= 15 is 0 Å². The SMILES string of the molecule is CCOC(=O)C1(C(=O)OCC)C[C@H](c2ccccc2)C(C#N)(C#N)N2N=Cc3c(OC)cccc3[C@H]21. The molecule has 2 heterocycles. The molecule has 2 aliphatic rings. The largest absolute Gasteiger partial charge is 0.496 e. The topological polar surface area (TPSA) is 125 Å². The molecule has 0 spiro atoms. The third-order valence-electron chi connectivity index (χ3n) is 6.85. The van der Waals surface area contributed by atoms with Gasteiger partial charge in [-0.05, 0) is 37.5 Å². The molecular formula is C27H26N4O5. The zero-order valence-corrected chi connectivity index (χ0v) is 20.3. The maximum atomic E-state index is 13.8. The number of carbonyl (C=O) groups is 2. The second-order valence-corrected chi connectivity index (χ2v) is 8.52. The smallest absolute Gasteiger partial charge is 0.326 e. The number of ether oxygens (including phenoxy) is 3. The fourth-order valence-corrected chi connectivity index (χ4v) is 5.26. The summed E-state index contributed by atoms with van der Waals surface area (Å²) in [6, 6.07) is 17.3. The molecule has 0 unspecified atom stereocenters. The second kappa shape index (κ2) is 9.71. The summed E-state index contributed by atoms with van der Waals surface area (Å²) < 4.78 is 16.5. The number of methoxy groups -OCH3 is 1. The van der Waals surface area contributed by atoms with Gasteiger partial charge in [-0.25, -0.2) is 0 Å². The number of nitriles is 2. The van der Waals surface area contributed by atoms with Gasteiger partial charge in [-0.3, -0.25) is 14.6 Å². The summed E-state index contributed by atoms with van der Waals surface area (Å²) in [5.74, 6) is -2.00. The van der Waals surface area contributed by atoms with Crippen molar-refractivity contribution in [1.29, 1.82) is 10.5 Å². The summed E-state index contributed by atoms with van der Waals surface area (Å²) in [6.45, 7) is 3.35. The molecule has 1 fully saturated rings. The van der Waals surface area contributed by atoms with Gasteiger partial charge in [-0.15, -0.1) is 0 Å². The van der Waals surface area contributed by atoms with Crippen LogP contribution in [0, 0.1) is 28.1 Å². The zero-order valence-electron chi connectivity index (χ0n) is 20.3. The predicted octanol–water partition coefficient (Wildman–Crippen LogP) is 3.47. The Morgan fingerprint density at radius 2 is 1.67 bits per heavy atom. The highest BCUT2D eigenvalue weighted by Crippen LogP contribution is 2.59. The van der Waals surface area contributed by atoms with Crippen LogP contribution in [-0.4, -0.2) is 49.0 Å². The molecule has 9 nitrogen and oxygen atoms in total. The third-order valence-corrected chi connectivity index (χ3v) is 6.85. The molecule has 36 heavy (non-hydrogen) atoms. The summed E-state index contributed by atoms with van der Waals surface area (Å²) in [6.07, 6.45) is 1.30. The van der Waals surface area contributed by atoms with Gasteiger partial charge in [0, 0.05) is 11.5 Å². The lowest BCUT2D eigenvalue weighted by Crippen LogP contribution is -2.65. The average molecular weight is 487 g/mol. The number of esters is 2. The molecule has 184 valence electrons. The van der Waals surface area contributed by atoms with Gasteiger partial charge >= 0.3 is 11.9 Å². The van der Waals surface area contributed by atoms with Crippen molar-refractivity contribution >= 4 is 18.2 Å². The van der Waals surface area contributed by atoms with Crippen LogP contribution < -0.4 is 4.74 Å². The first-order valence-electron chi connectivity index (χ1n) is 11.7. The number of benzene rings is 2. The number of rotatable bonds is 6. The van der Waals surface area contributed by atoms with Crippen LogP contribution >= 0.6 is 0 Å². The maximum absolute atomic E-state index is 13.8. The highest BCUT2D eigenvalue weighted by molar-refractivity contribution is 6.02. The minimum absolute atomic E-state index is 0.0264. The Hall–Kier alpha value is -4.37. The van der Waals surface area contributed by atoms with Crippen molar-refractivity contribution in [3.05, 3.63) is 65.2 Å². The molecule has 2 aromatic carbocycles. The quantitative estimate of drug-likeness (QED) is 0.449. The summed E-state index contributed by atoms with van der Waals surface area (Å²) in [7, 11) is 1.50. The van der Waals surface area contributed by atoms with E-state index in [1.165, 1.54) is 18.3 Å². The van der Waals surface area contributed by atoms with E-state index in [0.717, 1.165) is 0 Å². The van der Waals surface area contributed by atoms with Crippen molar-refractivity contribution in [2.24, 2.45) is 10.5 Å². The average Bonchev–Trinajstić information content (AvgIpc) is 2.92. The van der Waals surface area contributed by atoms with E-state index in [9.17, 15) is 20.1 Å². The number of hydrogen-bond donors (Lipinski definition) is 0. The van der Waals surface area contributed by atoms with Gasteiger partial charge < -0.3 is 14.2 Å². The van der Waals surface area contributed by atoms with Crippen LogP contribution in [0.1, 0.15) is 48.9 Å². The fourth-order valence-electron chi connectivity index (χ4n) is 5.26. The Morgan fingerprint density at radius 3 is 2.22 bits per heavy atom. The Balaban J connectivity index is 2.09. The van der Waals surface area contributed by atoms with Crippen LogP contribution in [-0.2, 0) is 19.1 Å². The normalized spacial score (nSPS) is 20.6. The maximum Gasteiger partial charge on any atom is 0.326 e. The number of nitrogens with zero attached hydrogens (tertiary/aromatic N) is 4. The Bertz CT molecular complexity index is 1250. The zero-order chi connectivity index (χ0) is 25.9. The Kier molecular flexibility index (Phi) is 6.67. The standard InChI is InChI=1S/C27H26N4O5/c1-4-35-24(32)27(25(33)36-5-2)14-21(18-10-7-6-8-11-18)26(16-28,17-29)31-23(27)19-12-9-13-22(34-3)20(19)15-30-31/h6-13,15,21,23H,4-5,14H2,1-3H3/t21-,23+/m1/s1. The fraction of sp³-hybridized carbons (Fsp3) is 0.370. The Labute approximate surface area is 209 Å². The monoisotopic (exact) mass is 486 g/mol. The van der Waals surface area contributed by atoms with Crippen LogP contribution in [0.25, 0.3) is 0 Å². The van der Waals surface area contributed by atoms with E-state index < -0.39 is 34.9 Å². The molecule has 4 rings (SSSR count). The molecule has 0 bridgehead atoms. The number of piperidine rings is 1. The molecule has 0 saturated carbocycles. The molecule has 0 radical (unpaired) electrons. The van der Waals surface area contributed by atoms with Crippen LogP contribution in [0.5, 0.6) is 5.75 Å². The second-order valence-electron chi connectivity index (χ2n) is 8.52. The molecular weight excluding hydrogens is 460 g/mol. The van der Waals surface area contributed by atoms with Crippen molar-refractivity contribution in [1.82, 2.24) is 5.01 Å². The van der Waals surface area contributed by atoms with Gasteiger partial charge in [0.05, 0.1) is 26.5 Å². The molecule has 0 amide bonds. The van der Waals surface area contributed by atoms with Crippen molar-refractivity contribution < 1.29 is 23.8 Å². The molecule has 1 saturated heterocycles. The van der Waals surface area contributed by atoms with Gasteiger partial charge in [0.25, 0.3) is 0 Å². The van der Waals surface area contributed by atoms with E-state index in [-0.39, 0.29) is 19.6 Å². The number of hydrazone groups is 1. The summed E-state index contributed by atoms with van der Waals surface area (Å²) in [5, 5.41) is 26.7. The summed E-state index contributed by atoms with van der Waals surface area (Å²) >= 11 is 0. The van der Waals surface area contributed by atoms with E-state index in [1.54, 1.807) is 62.4 Å². The molecule has 2 atom stereocenters. The first-order chi connectivity index (χ1) is 17.4. The number of carbonyl (C=O) groups excluding carboxylic acids is 2. The van der Waals surface area contributed by atoms with E-state index in [1.807, 2.05) is 0 Å². The highest BCUT2D eigenvalue weighted by Gasteiger charge is 2.69. The van der Waals surface area contributed by atoms with Crippen LogP contribution in [0.4, 0.5) is 0 Å². The van der Waals surface area contributed by atoms with Crippen molar-refractivity contribution in [2.45, 2.75) is 37.8 Å². The lowest BCUT2D eigenvalue weighted by Gasteiger charge is -2.54. The molecule has 9 heteroatoms. The number of hydrogen-bond acceptors (Lipinski definition) is 9. The van der Waals surface area contributed by atoms with Gasteiger partial charge in [0.1, 0.15) is 23.9 Å². The van der Waals surface area contributed by atoms with E-state index in [0.29, 0.717) is 22.4 Å². The van der Waals surface area contributed by atoms with Gasteiger partial charge in [0.15, 0.2) is 5.41 Å². The molecule has 0 N–H and O–H groups in total. The van der Waals surface area contributed by atoms with Gasteiger partial charge in [0.2, 0.25) is 5.54 Å². The van der Waals surface area contributed by atoms with Gasteiger partial charge in [-0.2, -0.15) is 15.6 Å². The summed E-state index contributed by atoms with van der Waals surface area (Å²) in [5.41, 5.74) is -2.08. The molecule has 2 aliphatic heterocycles. The first kappa shape index (κ1) is 24.7. The van der Waals surface area contributed by atoms with Crippen molar-refractivity contribution in [3.8, 4) is 17.9 Å². The van der Waals surface area contributed by atoms with Crippen molar-refractivity contribution in [2.75, 3.05) is 20.3 Å². The minimum atomic E-state index is -1.91. The van der Waals surface area contributed by atoms with E-state index in [4.69, 9.17) is 14.2 Å². The molecule has 0 aromatic heterocycles. The Morgan fingerprint density at radius 1 is 1.03 bits per heavy atom. The lowest BCUT2D eigenvalue weighted by atomic mass is 9.59. The highest BCUT2D eigenvalue weighted by atomic mass is 16.6. The van der Waals surface area contributed by atoms with Crippen LogP contribution in [0.15, 0.2) is 53.6 Å². The third kappa shape index (κ3) is 3.47. The first-order valence-corrected chi connectivity index (χ1v) is 11.7. The van der Waals surface area contributed by atoms with Crippen molar-refractivity contribution in [3.63, 3.8) is 0 Å². The predicted molar refractivity (Wildman–Crippen MR) is 129 cm³/mol.